The van der Waals surface area contributed by atoms with Crippen LogP contribution in [0.5, 0.6) is 0 Å². The number of carbonyl (C=O) groups excluding carboxylic acids is 2. The first kappa shape index (κ1) is 19.4. The summed E-state index contributed by atoms with van der Waals surface area (Å²) in [6.07, 6.45) is 5.69. The summed E-state index contributed by atoms with van der Waals surface area (Å²) in [5.74, 6) is -2.41. The molecule has 6 heteroatoms. The Hall–Kier alpha value is -2.37. The van der Waals surface area contributed by atoms with E-state index in [0.29, 0.717) is 17.3 Å². The molecule has 0 aromatic heterocycles. The molecule has 2 aliphatic carbocycles. The van der Waals surface area contributed by atoms with Gasteiger partial charge in [0.15, 0.2) is 0 Å². The van der Waals surface area contributed by atoms with Crippen LogP contribution in [0.25, 0.3) is 0 Å². The van der Waals surface area contributed by atoms with Gasteiger partial charge in [-0.05, 0) is 42.5 Å². The van der Waals surface area contributed by atoms with Gasteiger partial charge in [-0.2, -0.15) is 0 Å². The minimum absolute atomic E-state index is 0.00551. The molecule has 2 saturated carbocycles. The quantitative estimate of drug-likeness (QED) is 0.829. The lowest BCUT2D eigenvalue weighted by Crippen LogP contribution is -2.38. The summed E-state index contributed by atoms with van der Waals surface area (Å²) in [7, 11) is 1.86. The van der Waals surface area contributed by atoms with Crippen molar-refractivity contribution in [2.75, 3.05) is 12.4 Å². The molecule has 146 valence electrons. The van der Waals surface area contributed by atoms with Crippen molar-refractivity contribution in [3.05, 3.63) is 29.8 Å². The van der Waals surface area contributed by atoms with Gasteiger partial charge >= 0.3 is 5.97 Å². The highest BCUT2D eigenvalue weighted by molar-refractivity contribution is 6.00. The second-order valence-corrected chi connectivity index (χ2v) is 8.39. The zero-order valence-corrected chi connectivity index (χ0v) is 16.2. The number of nitrogens with one attached hydrogen (secondary N) is 1. The van der Waals surface area contributed by atoms with Gasteiger partial charge in [0.2, 0.25) is 5.91 Å². The second kappa shape index (κ2) is 7.33. The maximum absolute atomic E-state index is 12.7. The van der Waals surface area contributed by atoms with Crippen molar-refractivity contribution in [3.63, 3.8) is 0 Å². The van der Waals surface area contributed by atoms with Crippen molar-refractivity contribution in [1.29, 1.82) is 0 Å². The third-order valence-electron chi connectivity index (χ3n) is 6.22. The van der Waals surface area contributed by atoms with Crippen LogP contribution in [-0.4, -0.2) is 40.9 Å². The van der Waals surface area contributed by atoms with Crippen molar-refractivity contribution in [3.8, 4) is 0 Å². The molecule has 1 aromatic rings. The first-order valence-corrected chi connectivity index (χ1v) is 9.64. The van der Waals surface area contributed by atoms with Gasteiger partial charge in [-0.25, -0.2) is 0 Å². The number of carbonyl (C=O) groups is 3. The number of amides is 2. The van der Waals surface area contributed by atoms with Gasteiger partial charge in [0.05, 0.1) is 11.8 Å². The Kier molecular flexibility index (Phi) is 5.27. The van der Waals surface area contributed by atoms with Crippen LogP contribution < -0.4 is 5.32 Å². The molecule has 0 aliphatic heterocycles. The monoisotopic (exact) mass is 372 g/mol. The van der Waals surface area contributed by atoms with Gasteiger partial charge in [0.25, 0.3) is 5.91 Å². The number of aliphatic carboxylic acids is 1. The molecular formula is C21H28N2O4. The van der Waals surface area contributed by atoms with Crippen LogP contribution in [-0.2, 0) is 9.59 Å². The zero-order chi connectivity index (χ0) is 19.8. The van der Waals surface area contributed by atoms with Crippen LogP contribution in [0, 0.1) is 17.3 Å². The molecule has 0 radical (unpaired) electrons. The molecular weight excluding hydrogens is 344 g/mol. The molecule has 2 aliphatic rings. The van der Waals surface area contributed by atoms with Crippen LogP contribution in [0.2, 0.25) is 0 Å². The number of nitrogens with zero attached hydrogens (tertiary/aromatic N) is 1. The van der Waals surface area contributed by atoms with Gasteiger partial charge in [0.1, 0.15) is 0 Å². The topological polar surface area (TPSA) is 86.7 Å². The SMILES string of the molecule is CN(C(=O)c1ccc(NC(=O)[C@@H]2[C@H](C(=O)O)C2(C)C)cc1)C1CCCCC1. The van der Waals surface area contributed by atoms with E-state index in [-0.39, 0.29) is 11.8 Å². The van der Waals surface area contributed by atoms with Gasteiger partial charge in [-0.3, -0.25) is 14.4 Å². The normalized spacial score (nSPS) is 24.1. The highest BCUT2D eigenvalue weighted by Crippen LogP contribution is 2.58. The van der Waals surface area contributed by atoms with E-state index in [2.05, 4.69) is 5.32 Å². The lowest BCUT2D eigenvalue weighted by molar-refractivity contribution is -0.140. The summed E-state index contributed by atoms with van der Waals surface area (Å²) in [5, 5.41) is 12.0. The van der Waals surface area contributed by atoms with Crippen LogP contribution in [0.15, 0.2) is 24.3 Å². The molecule has 3 rings (SSSR count). The lowest BCUT2D eigenvalue weighted by atomic mass is 9.94. The predicted molar refractivity (Wildman–Crippen MR) is 102 cm³/mol. The van der Waals surface area contributed by atoms with Crippen molar-refractivity contribution in [1.82, 2.24) is 4.90 Å². The average Bonchev–Trinajstić information content (AvgIpc) is 3.24. The van der Waals surface area contributed by atoms with Crippen LogP contribution in [0.1, 0.15) is 56.3 Å². The smallest absolute Gasteiger partial charge is 0.307 e. The molecule has 2 atom stereocenters. The van der Waals surface area contributed by atoms with E-state index < -0.39 is 23.2 Å². The average molecular weight is 372 g/mol. The number of carboxylic acid groups (broad SMARTS) is 1. The highest BCUT2D eigenvalue weighted by atomic mass is 16.4. The number of benzene rings is 1. The highest BCUT2D eigenvalue weighted by Gasteiger charge is 2.65. The molecule has 1 aromatic carbocycles. The third kappa shape index (κ3) is 3.84. The fraction of sp³-hybridized carbons (Fsp3) is 0.571. The number of hydrogen-bond acceptors (Lipinski definition) is 3. The Morgan fingerprint density at radius 1 is 1.04 bits per heavy atom. The molecule has 2 N–H and O–H groups in total. The first-order valence-electron chi connectivity index (χ1n) is 9.64. The van der Waals surface area contributed by atoms with E-state index in [9.17, 15) is 19.5 Å². The Morgan fingerprint density at radius 3 is 2.15 bits per heavy atom. The van der Waals surface area contributed by atoms with Crippen LogP contribution >= 0.6 is 0 Å². The van der Waals surface area contributed by atoms with E-state index in [1.54, 1.807) is 38.1 Å². The molecule has 2 fully saturated rings. The van der Waals surface area contributed by atoms with E-state index in [1.807, 2.05) is 11.9 Å². The maximum Gasteiger partial charge on any atom is 0.307 e. The van der Waals surface area contributed by atoms with Crippen molar-refractivity contribution in [2.45, 2.75) is 52.0 Å². The van der Waals surface area contributed by atoms with E-state index in [4.69, 9.17) is 0 Å². The van der Waals surface area contributed by atoms with Crippen molar-refractivity contribution < 1.29 is 19.5 Å². The fourth-order valence-corrected chi connectivity index (χ4v) is 4.34. The van der Waals surface area contributed by atoms with Crippen molar-refractivity contribution in [2.24, 2.45) is 17.3 Å². The Labute approximate surface area is 159 Å². The summed E-state index contributed by atoms with van der Waals surface area (Å²) in [6.45, 7) is 3.58. The maximum atomic E-state index is 12.7. The lowest BCUT2D eigenvalue weighted by Gasteiger charge is -2.31. The summed E-state index contributed by atoms with van der Waals surface area (Å²) < 4.78 is 0. The molecule has 0 saturated heterocycles. The molecule has 0 heterocycles. The molecule has 0 bridgehead atoms. The number of hydrogen-bond donors (Lipinski definition) is 2. The van der Waals surface area contributed by atoms with Crippen LogP contribution in [0.3, 0.4) is 0 Å². The van der Waals surface area contributed by atoms with Gasteiger partial charge < -0.3 is 15.3 Å². The largest absolute Gasteiger partial charge is 0.481 e. The van der Waals surface area contributed by atoms with E-state index in [0.717, 1.165) is 12.8 Å². The molecule has 6 nitrogen and oxygen atoms in total. The molecule has 0 unspecified atom stereocenters. The first-order chi connectivity index (χ1) is 12.7. The molecule has 0 spiro atoms. The van der Waals surface area contributed by atoms with Gasteiger partial charge in [-0.1, -0.05) is 33.1 Å². The minimum atomic E-state index is -0.938. The predicted octanol–water partition coefficient (Wildman–Crippen LogP) is 3.39. The van der Waals surface area contributed by atoms with Gasteiger partial charge in [-0.15, -0.1) is 0 Å². The van der Waals surface area contributed by atoms with E-state index >= 15 is 0 Å². The van der Waals surface area contributed by atoms with Crippen molar-refractivity contribution >= 4 is 23.5 Å². The van der Waals surface area contributed by atoms with E-state index in [1.165, 1.54) is 19.3 Å². The summed E-state index contributed by atoms with van der Waals surface area (Å²) in [5.41, 5.74) is 0.633. The Balaban J connectivity index is 1.61. The van der Waals surface area contributed by atoms with Crippen LogP contribution in [0.4, 0.5) is 5.69 Å². The zero-order valence-electron chi connectivity index (χ0n) is 16.2. The summed E-state index contributed by atoms with van der Waals surface area (Å²) in [6, 6.07) is 7.12. The number of anilines is 1. The fourth-order valence-electron chi connectivity index (χ4n) is 4.34. The summed E-state index contributed by atoms with van der Waals surface area (Å²) in [4.78, 5) is 38.1. The number of carboxylic acids is 1. The summed E-state index contributed by atoms with van der Waals surface area (Å²) >= 11 is 0. The van der Waals surface area contributed by atoms with Gasteiger partial charge in [0, 0.05) is 24.3 Å². The minimum Gasteiger partial charge on any atom is -0.481 e. The second-order valence-electron chi connectivity index (χ2n) is 8.39. The Morgan fingerprint density at radius 2 is 1.63 bits per heavy atom. The third-order valence-corrected chi connectivity index (χ3v) is 6.22. The molecule has 2 amide bonds. The molecule has 27 heavy (non-hydrogen) atoms. The standard InChI is InChI=1S/C21H28N2O4/c1-21(2)16(17(21)20(26)27)18(24)22-14-11-9-13(10-12-14)19(25)23(3)15-7-5-4-6-8-15/h9-12,15-17H,4-8H2,1-3H3,(H,22,24)(H,26,27)/t16-,17+/m0/s1. The number of rotatable bonds is 5. The Bertz CT molecular complexity index is 735.